The number of anilines is 2. The van der Waals surface area contributed by atoms with E-state index in [4.69, 9.17) is 35.4 Å². The van der Waals surface area contributed by atoms with Gasteiger partial charge in [0.25, 0.3) is 0 Å². The second kappa shape index (κ2) is 6.76. The molecule has 0 atom stereocenters. The number of rotatable bonds is 2. The van der Waals surface area contributed by atoms with Crippen molar-refractivity contribution >= 4 is 67.8 Å². The summed E-state index contributed by atoms with van der Waals surface area (Å²) >= 11 is 20.7. The van der Waals surface area contributed by atoms with Gasteiger partial charge in [0.05, 0.1) is 10.7 Å². The second-order valence-corrected chi connectivity index (χ2v) is 6.27. The molecule has 0 unspecified atom stereocenters. The number of hydrogen-bond donors (Lipinski definition) is 2. The van der Waals surface area contributed by atoms with E-state index in [1.165, 1.54) is 0 Å². The summed E-state index contributed by atoms with van der Waals surface area (Å²) in [5.41, 5.74) is 2.70. The van der Waals surface area contributed by atoms with Crippen molar-refractivity contribution in [2.45, 2.75) is 6.92 Å². The highest BCUT2D eigenvalue weighted by Crippen LogP contribution is 2.26. The molecule has 6 heteroatoms. The van der Waals surface area contributed by atoms with Crippen molar-refractivity contribution in [1.29, 1.82) is 0 Å². The van der Waals surface area contributed by atoms with Gasteiger partial charge in [0, 0.05) is 15.2 Å². The van der Waals surface area contributed by atoms with Crippen LogP contribution in [-0.2, 0) is 0 Å². The van der Waals surface area contributed by atoms with Crippen LogP contribution in [0.5, 0.6) is 0 Å². The molecule has 20 heavy (non-hydrogen) atoms. The van der Waals surface area contributed by atoms with Crippen LogP contribution in [0.1, 0.15) is 5.56 Å². The number of benzene rings is 2. The van der Waals surface area contributed by atoms with Gasteiger partial charge in [0.2, 0.25) is 0 Å². The van der Waals surface area contributed by atoms with Gasteiger partial charge in [-0.15, -0.1) is 0 Å². The number of aryl methyl sites for hydroxylation is 1. The first-order chi connectivity index (χ1) is 9.45. The van der Waals surface area contributed by atoms with Crippen LogP contribution in [0.2, 0.25) is 10.0 Å². The van der Waals surface area contributed by atoms with Crippen LogP contribution in [0.4, 0.5) is 11.4 Å². The number of nitrogens with one attached hydrogen (secondary N) is 2. The largest absolute Gasteiger partial charge is 0.332 e. The molecule has 2 aromatic carbocycles. The first kappa shape index (κ1) is 15.6. The van der Waals surface area contributed by atoms with Gasteiger partial charge < -0.3 is 10.6 Å². The van der Waals surface area contributed by atoms with Crippen LogP contribution in [0.15, 0.2) is 40.9 Å². The third-order valence-corrected chi connectivity index (χ3v) is 4.25. The summed E-state index contributed by atoms with van der Waals surface area (Å²) in [5.74, 6) is 0. The van der Waals surface area contributed by atoms with Gasteiger partial charge in [0.1, 0.15) is 0 Å². The Morgan fingerprint density at radius 1 is 1.10 bits per heavy atom. The Morgan fingerprint density at radius 3 is 2.55 bits per heavy atom. The molecule has 0 radical (unpaired) electrons. The lowest BCUT2D eigenvalue weighted by atomic mass is 10.2. The summed E-state index contributed by atoms with van der Waals surface area (Å²) in [5, 5.41) is 7.74. The first-order valence-corrected chi connectivity index (χ1v) is 7.70. The molecule has 0 aliphatic rings. The average molecular weight is 390 g/mol. The molecule has 0 saturated heterocycles. The van der Waals surface area contributed by atoms with E-state index in [9.17, 15) is 0 Å². The fourth-order valence-corrected chi connectivity index (χ4v) is 2.41. The van der Waals surface area contributed by atoms with E-state index in [0.29, 0.717) is 20.8 Å². The molecular weight excluding hydrogens is 379 g/mol. The highest BCUT2D eigenvalue weighted by molar-refractivity contribution is 9.10. The summed E-state index contributed by atoms with van der Waals surface area (Å²) in [6.45, 7) is 2.01. The average Bonchev–Trinajstić information content (AvgIpc) is 2.38. The molecule has 0 amide bonds. The molecule has 0 aromatic heterocycles. The molecule has 0 aliphatic carbocycles. The number of thiocarbonyl (C=S) groups is 1. The zero-order valence-corrected chi connectivity index (χ0v) is 14.4. The molecule has 0 fully saturated rings. The topological polar surface area (TPSA) is 24.1 Å². The van der Waals surface area contributed by atoms with Crippen LogP contribution in [-0.4, -0.2) is 5.11 Å². The summed E-state index contributed by atoms with van der Waals surface area (Å²) in [7, 11) is 0. The zero-order valence-electron chi connectivity index (χ0n) is 10.5. The van der Waals surface area contributed by atoms with Crippen molar-refractivity contribution < 1.29 is 0 Å². The van der Waals surface area contributed by atoms with Gasteiger partial charge in [-0.2, -0.15) is 0 Å². The van der Waals surface area contributed by atoms with Gasteiger partial charge in [-0.3, -0.25) is 0 Å². The van der Waals surface area contributed by atoms with E-state index in [1.807, 2.05) is 25.1 Å². The molecule has 2 nitrogen and oxygen atoms in total. The molecule has 0 spiro atoms. The Balaban J connectivity index is 2.09. The maximum absolute atomic E-state index is 6.07. The lowest BCUT2D eigenvalue weighted by Crippen LogP contribution is -2.19. The second-order valence-electron chi connectivity index (χ2n) is 4.17. The van der Waals surface area contributed by atoms with Gasteiger partial charge in [0.15, 0.2) is 5.11 Å². The van der Waals surface area contributed by atoms with Gasteiger partial charge in [-0.05, 0) is 61.1 Å². The molecule has 104 valence electrons. The van der Waals surface area contributed by atoms with Gasteiger partial charge >= 0.3 is 0 Å². The van der Waals surface area contributed by atoms with E-state index < -0.39 is 0 Å². The highest BCUT2D eigenvalue weighted by Gasteiger charge is 2.05. The summed E-state index contributed by atoms with van der Waals surface area (Å²) in [6, 6.07) is 11.1. The fraction of sp³-hybridized carbons (Fsp3) is 0.0714. The van der Waals surface area contributed by atoms with Crippen molar-refractivity contribution in [3.05, 3.63) is 56.5 Å². The SMILES string of the molecule is Cc1cc(NC(=S)Nc2cc(Cl)ccc2Cl)ccc1Br. The van der Waals surface area contributed by atoms with Crippen LogP contribution in [0.25, 0.3) is 0 Å². The Labute approximate surface area is 141 Å². The lowest BCUT2D eigenvalue weighted by molar-refractivity contribution is 1.43. The van der Waals surface area contributed by atoms with Crippen molar-refractivity contribution in [2.24, 2.45) is 0 Å². The van der Waals surface area contributed by atoms with E-state index >= 15 is 0 Å². The Kier molecular flexibility index (Phi) is 5.27. The smallest absolute Gasteiger partial charge is 0.175 e. The van der Waals surface area contributed by atoms with Crippen LogP contribution >= 0.6 is 51.3 Å². The highest BCUT2D eigenvalue weighted by atomic mass is 79.9. The number of halogens is 3. The Hall–Kier alpha value is -0.810. The predicted molar refractivity (Wildman–Crippen MR) is 95.2 cm³/mol. The van der Waals surface area contributed by atoms with Crippen molar-refractivity contribution in [1.82, 2.24) is 0 Å². The van der Waals surface area contributed by atoms with Crippen molar-refractivity contribution in [3.63, 3.8) is 0 Å². The molecule has 2 N–H and O–H groups in total. The monoisotopic (exact) mass is 388 g/mol. The first-order valence-electron chi connectivity index (χ1n) is 5.75. The normalized spacial score (nSPS) is 10.2. The molecular formula is C14H11BrCl2N2S. The lowest BCUT2D eigenvalue weighted by Gasteiger charge is -2.12. The molecule has 0 saturated carbocycles. The van der Waals surface area contributed by atoms with Crippen LogP contribution < -0.4 is 10.6 Å². The third-order valence-electron chi connectivity index (χ3n) is 2.59. The number of hydrogen-bond acceptors (Lipinski definition) is 1. The molecule has 0 heterocycles. The van der Waals surface area contributed by atoms with E-state index in [0.717, 1.165) is 15.7 Å². The van der Waals surface area contributed by atoms with E-state index in [1.54, 1.807) is 18.2 Å². The predicted octanol–water partition coefficient (Wildman–Crippen LogP) is 5.87. The maximum atomic E-state index is 6.07. The molecule has 2 rings (SSSR count). The third kappa shape index (κ3) is 4.09. The summed E-state index contributed by atoms with van der Waals surface area (Å²) < 4.78 is 1.06. The molecule has 0 bridgehead atoms. The fourth-order valence-electron chi connectivity index (χ4n) is 1.60. The Bertz CT molecular complexity index is 662. The van der Waals surface area contributed by atoms with Gasteiger partial charge in [-0.25, -0.2) is 0 Å². The molecule has 2 aromatic rings. The summed E-state index contributed by atoms with van der Waals surface area (Å²) in [6.07, 6.45) is 0. The van der Waals surface area contributed by atoms with Crippen molar-refractivity contribution in [3.8, 4) is 0 Å². The minimum Gasteiger partial charge on any atom is -0.332 e. The Morgan fingerprint density at radius 2 is 1.85 bits per heavy atom. The summed E-state index contributed by atoms with van der Waals surface area (Å²) in [4.78, 5) is 0. The van der Waals surface area contributed by atoms with Gasteiger partial charge in [-0.1, -0.05) is 39.1 Å². The minimum absolute atomic E-state index is 0.455. The zero-order chi connectivity index (χ0) is 14.7. The van der Waals surface area contributed by atoms with Crippen LogP contribution in [0, 0.1) is 6.92 Å². The quantitative estimate of drug-likeness (QED) is 0.627. The molecule has 0 aliphatic heterocycles. The van der Waals surface area contributed by atoms with E-state index in [2.05, 4.69) is 26.6 Å². The van der Waals surface area contributed by atoms with E-state index in [-0.39, 0.29) is 0 Å². The van der Waals surface area contributed by atoms with Crippen molar-refractivity contribution in [2.75, 3.05) is 10.6 Å². The maximum Gasteiger partial charge on any atom is 0.175 e. The minimum atomic E-state index is 0.455. The standard InChI is InChI=1S/C14H11BrCl2N2S/c1-8-6-10(3-4-11(8)15)18-14(20)19-13-7-9(16)2-5-12(13)17/h2-7H,1H3,(H2,18,19,20). The van der Waals surface area contributed by atoms with Crippen LogP contribution in [0.3, 0.4) is 0 Å².